The summed E-state index contributed by atoms with van der Waals surface area (Å²) in [6.45, 7) is 3.29. The first-order valence-electron chi connectivity index (χ1n) is 7.81. The molecule has 0 amide bonds. The maximum Gasteiger partial charge on any atom is 0.339 e. The summed E-state index contributed by atoms with van der Waals surface area (Å²) < 4.78 is 101. The van der Waals surface area contributed by atoms with Crippen LogP contribution in [0.3, 0.4) is 0 Å². The lowest BCUT2D eigenvalue weighted by Gasteiger charge is -2.35. The van der Waals surface area contributed by atoms with Crippen molar-refractivity contribution in [2.24, 2.45) is 0 Å². The van der Waals surface area contributed by atoms with Crippen molar-refractivity contribution in [1.82, 2.24) is 0 Å². The van der Waals surface area contributed by atoms with E-state index in [2.05, 4.69) is 4.18 Å². The highest BCUT2D eigenvalue weighted by Crippen LogP contribution is 2.41. The number of aliphatic hydroxyl groups is 1. The maximum absolute atomic E-state index is 13.7. The van der Waals surface area contributed by atoms with Gasteiger partial charge in [-0.2, -0.15) is 17.2 Å². The minimum atomic E-state index is -4.99. The Balaban J connectivity index is 2.04. The highest BCUT2D eigenvalue weighted by Gasteiger charge is 2.35. The van der Waals surface area contributed by atoms with Gasteiger partial charge in [0, 0.05) is 18.1 Å². The summed E-state index contributed by atoms with van der Waals surface area (Å²) in [5, 5.41) is 10.1. The normalized spacial score (nSPS) is 18.4. The molecule has 2 aromatic carbocycles. The third-order valence-electron chi connectivity index (χ3n) is 4.07. The first kappa shape index (κ1) is 20.3. The lowest BCUT2D eigenvalue weighted by molar-refractivity contribution is 0.0112. The smallest absolute Gasteiger partial charge is 0.339 e. The number of fused-ring (bicyclic) bond motifs is 1. The van der Waals surface area contributed by atoms with Crippen molar-refractivity contribution in [2.45, 2.75) is 36.9 Å². The Morgan fingerprint density at radius 3 is 2.14 bits per heavy atom. The second kappa shape index (κ2) is 6.59. The van der Waals surface area contributed by atoms with Gasteiger partial charge in [0.15, 0.2) is 0 Å². The summed E-state index contributed by atoms with van der Waals surface area (Å²) in [4.78, 5) is -0.667. The zero-order valence-corrected chi connectivity index (χ0v) is 15.2. The van der Waals surface area contributed by atoms with Crippen molar-refractivity contribution in [3.8, 4) is 11.5 Å². The van der Waals surface area contributed by atoms with Crippen LogP contribution in [0.25, 0.3) is 0 Å². The van der Waals surface area contributed by atoms with Crippen LogP contribution < -0.4 is 8.92 Å². The SMILES string of the molecule is CC1(C)CC(O)c2ccc(S(=O)(=O)Oc3c(F)c(F)c(F)c(F)c3F)cc2O1. The lowest BCUT2D eigenvalue weighted by Crippen LogP contribution is -2.34. The van der Waals surface area contributed by atoms with Crippen LogP contribution in [0.1, 0.15) is 31.9 Å². The van der Waals surface area contributed by atoms with E-state index in [1.54, 1.807) is 13.8 Å². The Morgan fingerprint density at radius 1 is 1.04 bits per heavy atom. The van der Waals surface area contributed by atoms with Crippen molar-refractivity contribution >= 4 is 10.1 Å². The van der Waals surface area contributed by atoms with E-state index in [0.29, 0.717) is 0 Å². The van der Waals surface area contributed by atoms with Crippen LogP contribution in [0.15, 0.2) is 23.1 Å². The van der Waals surface area contributed by atoms with Gasteiger partial charge in [0.2, 0.25) is 34.8 Å². The molecule has 1 aliphatic rings. The Bertz CT molecular complexity index is 1040. The quantitative estimate of drug-likeness (QED) is 0.352. The van der Waals surface area contributed by atoms with Gasteiger partial charge >= 0.3 is 10.1 Å². The molecule has 0 aliphatic carbocycles. The van der Waals surface area contributed by atoms with E-state index < -0.39 is 61.6 Å². The highest BCUT2D eigenvalue weighted by atomic mass is 32.2. The molecule has 1 N–H and O–H groups in total. The second-order valence-electron chi connectivity index (χ2n) is 6.72. The fourth-order valence-electron chi connectivity index (χ4n) is 2.76. The number of aliphatic hydroxyl groups excluding tert-OH is 1. The Labute approximate surface area is 156 Å². The molecule has 1 unspecified atom stereocenters. The van der Waals surface area contributed by atoms with Gasteiger partial charge < -0.3 is 14.0 Å². The fourth-order valence-corrected chi connectivity index (χ4v) is 3.71. The molecule has 0 aromatic heterocycles. The molecule has 28 heavy (non-hydrogen) atoms. The molecule has 0 radical (unpaired) electrons. The van der Waals surface area contributed by atoms with Crippen LogP contribution in [0.2, 0.25) is 0 Å². The monoisotopic (exact) mass is 424 g/mol. The average Bonchev–Trinajstić information content (AvgIpc) is 2.60. The molecular formula is C17H13F5O5S. The number of halogens is 5. The minimum Gasteiger partial charge on any atom is -0.487 e. The van der Waals surface area contributed by atoms with E-state index in [1.807, 2.05) is 0 Å². The van der Waals surface area contributed by atoms with Crippen LogP contribution in [0, 0.1) is 29.1 Å². The Hall–Kier alpha value is -2.40. The second-order valence-corrected chi connectivity index (χ2v) is 8.26. The van der Waals surface area contributed by atoms with Crippen LogP contribution in [0.5, 0.6) is 11.5 Å². The Kier molecular flexibility index (Phi) is 4.79. The average molecular weight is 424 g/mol. The number of hydrogen-bond acceptors (Lipinski definition) is 5. The van der Waals surface area contributed by atoms with E-state index >= 15 is 0 Å². The molecule has 152 valence electrons. The van der Waals surface area contributed by atoms with E-state index in [4.69, 9.17) is 4.74 Å². The number of hydrogen-bond donors (Lipinski definition) is 1. The largest absolute Gasteiger partial charge is 0.487 e. The third kappa shape index (κ3) is 3.39. The summed E-state index contributed by atoms with van der Waals surface area (Å²) in [6.07, 6.45) is -0.723. The molecule has 2 aromatic rings. The van der Waals surface area contributed by atoms with Crippen molar-refractivity contribution in [3.05, 3.63) is 52.8 Å². The predicted octanol–water partition coefficient (Wildman–Crippen LogP) is 3.74. The van der Waals surface area contributed by atoms with Crippen molar-refractivity contribution in [3.63, 3.8) is 0 Å². The van der Waals surface area contributed by atoms with E-state index in [0.717, 1.165) is 12.1 Å². The van der Waals surface area contributed by atoms with Crippen LogP contribution in [-0.2, 0) is 10.1 Å². The molecule has 11 heteroatoms. The Morgan fingerprint density at radius 2 is 1.57 bits per heavy atom. The zero-order valence-electron chi connectivity index (χ0n) is 14.4. The molecule has 0 fully saturated rings. The number of ether oxygens (including phenoxy) is 1. The molecule has 3 rings (SSSR count). The van der Waals surface area contributed by atoms with Gasteiger partial charge in [-0.3, -0.25) is 0 Å². The molecule has 0 bridgehead atoms. The van der Waals surface area contributed by atoms with Crippen molar-refractivity contribution in [2.75, 3.05) is 0 Å². The van der Waals surface area contributed by atoms with Gasteiger partial charge in [-0.1, -0.05) is 6.07 Å². The van der Waals surface area contributed by atoms with E-state index in [-0.39, 0.29) is 17.7 Å². The summed E-state index contributed by atoms with van der Waals surface area (Å²) in [5.41, 5.74) is -0.564. The van der Waals surface area contributed by atoms with Gasteiger partial charge in [-0.15, -0.1) is 0 Å². The van der Waals surface area contributed by atoms with E-state index in [9.17, 15) is 35.5 Å². The maximum atomic E-state index is 13.7. The highest BCUT2D eigenvalue weighted by molar-refractivity contribution is 7.87. The molecule has 0 saturated heterocycles. The molecule has 1 aliphatic heterocycles. The topological polar surface area (TPSA) is 72.8 Å². The van der Waals surface area contributed by atoms with Crippen molar-refractivity contribution in [1.29, 1.82) is 0 Å². The summed E-state index contributed by atoms with van der Waals surface area (Å²) in [5.74, 6) is -14.0. The van der Waals surface area contributed by atoms with E-state index in [1.165, 1.54) is 6.07 Å². The van der Waals surface area contributed by atoms with Crippen LogP contribution >= 0.6 is 0 Å². The van der Waals surface area contributed by atoms with Crippen LogP contribution in [-0.4, -0.2) is 19.1 Å². The van der Waals surface area contributed by atoms with Crippen molar-refractivity contribution < 1.29 is 44.4 Å². The molecular weight excluding hydrogens is 411 g/mol. The number of benzene rings is 2. The molecule has 5 nitrogen and oxygen atoms in total. The van der Waals surface area contributed by atoms with Gasteiger partial charge in [0.1, 0.15) is 16.2 Å². The predicted molar refractivity (Wildman–Crippen MR) is 84.8 cm³/mol. The lowest BCUT2D eigenvalue weighted by atomic mass is 9.92. The van der Waals surface area contributed by atoms with Gasteiger partial charge in [0.25, 0.3) is 0 Å². The molecule has 0 saturated carbocycles. The first-order chi connectivity index (χ1) is 12.8. The molecule has 0 spiro atoms. The standard InChI is InChI=1S/C17H13F5O5S/c1-17(2)6-9(23)8-4-3-7(5-10(8)26-17)28(24,25)27-16-14(21)12(19)11(18)13(20)15(16)22/h3-5,9,23H,6H2,1-2H3. The van der Waals surface area contributed by atoms with Gasteiger partial charge in [-0.25, -0.2) is 13.2 Å². The summed E-state index contributed by atoms with van der Waals surface area (Å²) in [7, 11) is -4.99. The summed E-state index contributed by atoms with van der Waals surface area (Å²) >= 11 is 0. The number of rotatable bonds is 3. The van der Waals surface area contributed by atoms with Crippen LogP contribution in [0.4, 0.5) is 22.0 Å². The fraction of sp³-hybridized carbons (Fsp3) is 0.294. The zero-order chi connectivity index (χ0) is 21.0. The third-order valence-corrected chi connectivity index (χ3v) is 5.28. The van der Waals surface area contributed by atoms with Gasteiger partial charge in [0.05, 0.1) is 6.10 Å². The summed E-state index contributed by atoms with van der Waals surface area (Å²) in [6, 6.07) is 3.08. The first-order valence-corrected chi connectivity index (χ1v) is 9.22. The molecule has 1 heterocycles. The minimum absolute atomic E-state index is 0.0224. The van der Waals surface area contributed by atoms with Gasteiger partial charge in [-0.05, 0) is 19.9 Å². The molecule has 1 atom stereocenters.